The minimum atomic E-state index is -3.88. The van der Waals surface area contributed by atoms with Crippen LogP contribution >= 0.6 is 11.3 Å². The summed E-state index contributed by atoms with van der Waals surface area (Å²) < 4.78 is 32.2. The number of carbonyl (C=O) groups excluding carboxylic acids is 4. The van der Waals surface area contributed by atoms with Gasteiger partial charge in [0.2, 0.25) is 21.8 Å². The molecule has 15 nitrogen and oxygen atoms in total. The normalized spacial score (nSPS) is 26.0. The van der Waals surface area contributed by atoms with Crippen LogP contribution in [0.3, 0.4) is 0 Å². The van der Waals surface area contributed by atoms with Crippen LogP contribution in [0.2, 0.25) is 0 Å². The van der Waals surface area contributed by atoms with Gasteiger partial charge in [-0.25, -0.2) is 23.2 Å². The lowest BCUT2D eigenvalue weighted by Gasteiger charge is -2.30. The van der Waals surface area contributed by atoms with Crippen molar-refractivity contribution in [2.75, 3.05) is 6.54 Å². The highest BCUT2D eigenvalue weighted by molar-refractivity contribution is 7.91. The molecule has 3 saturated carbocycles. The first-order chi connectivity index (χ1) is 29.4. The Morgan fingerprint density at radius 2 is 1.71 bits per heavy atom. The van der Waals surface area contributed by atoms with Crippen LogP contribution in [0.1, 0.15) is 146 Å². The zero-order valence-corrected chi connectivity index (χ0v) is 38.1. The molecule has 342 valence electrons. The van der Waals surface area contributed by atoms with Crippen LogP contribution in [0.4, 0.5) is 4.79 Å². The monoisotopic (exact) mass is 897 g/mol. The third kappa shape index (κ3) is 10.2. The average molecular weight is 898 g/mol. The van der Waals surface area contributed by atoms with Crippen molar-refractivity contribution in [3.63, 3.8) is 0 Å². The lowest BCUT2D eigenvalue weighted by atomic mass is 9.87. The number of hydrogen-bond donors (Lipinski definition) is 4. The molecule has 0 radical (unpaired) electrons. The molecule has 0 spiro atoms. The van der Waals surface area contributed by atoms with Gasteiger partial charge in [0.1, 0.15) is 33.9 Å². The maximum Gasteiger partial charge on any atom is 0.408 e. The summed E-state index contributed by atoms with van der Waals surface area (Å²) in [7, 11) is -3.88. The van der Waals surface area contributed by atoms with Gasteiger partial charge in [-0.1, -0.05) is 50.3 Å². The van der Waals surface area contributed by atoms with Crippen LogP contribution in [0, 0.1) is 12.8 Å². The molecule has 8 rings (SSSR count). The molecule has 4 amide bonds. The van der Waals surface area contributed by atoms with Crippen molar-refractivity contribution < 1.29 is 36.6 Å². The van der Waals surface area contributed by atoms with Gasteiger partial charge in [-0.3, -0.25) is 23.9 Å². The number of benzene rings is 1. The van der Waals surface area contributed by atoms with E-state index < -0.39 is 55.9 Å². The Morgan fingerprint density at radius 1 is 0.984 bits per heavy atom. The molecule has 17 heteroatoms. The third-order valence-electron chi connectivity index (χ3n) is 12.8. The Labute approximate surface area is 372 Å². The molecular weight excluding hydrogens is 831 g/mol. The predicted molar refractivity (Wildman–Crippen MR) is 244 cm³/mol. The van der Waals surface area contributed by atoms with Crippen molar-refractivity contribution in [1.82, 2.24) is 35.2 Å². The second-order valence-electron chi connectivity index (χ2n) is 18.9. The fraction of sp³-hybridized carbons (Fsp3) is 0.622. The zero-order valence-electron chi connectivity index (χ0n) is 36.5. The molecule has 4 N–H and O–H groups in total. The topological polar surface area (TPSA) is 210 Å². The predicted octanol–water partition coefficient (Wildman–Crippen LogP) is 7.41. The van der Waals surface area contributed by atoms with Crippen molar-refractivity contribution in [1.29, 1.82) is 0 Å². The Hall–Kier alpha value is -4.64. The van der Waals surface area contributed by atoms with Crippen molar-refractivity contribution in [2.45, 2.75) is 165 Å². The number of amides is 4. The largest absolute Gasteiger partial charge is 0.444 e. The molecular formula is C45H67N7O8S2. The van der Waals surface area contributed by atoms with Gasteiger partial charge >= 0.3 is 6.09 Å². The van der Waals surface area contributed by atoms with E-state index in [0.717, 1.165) is 40.9 Å². The number of ether oxygens (including phenoxy) is 1. The fourth-order valence-corrected chi connectivity index (χ4v) is 10.9. The Morgan fingerprint density at radius 3 is 2.44 bits per heavy atom. The summed E-state index contributed by atoms with van der Waals surface area (Å²) in [5.41, 5.74) is 2.04. The van der Waals surface area contributed by atoms with Crippen molar-refractivity contribution in [2.24, 2.45) is 5.92 Å². The number of aromatic nitrogens is 3. The number of H-pyrrole nitrogens is 1. The number of sulfonamides is 1. The van der Waals surface area contributed by atoms with Crippen LogP contribution in [0.5, 0.6) is 0 Å². The maximum absolute atomic E-state index is 13.6. The smallest absolute Gasteiger partial charge is 0.408 e. The van der Waals surface area contributed by atoms with E-state index in [1.54, 1.807) is 46.0 Å². The van der Waals surface area contributed by atoms with E-state index in [0.29, 0.717) is 56.7 Å². The summed E-state index contributed by atoms with van der Waals surface area (Å²) in [5.74, 6) is -1.32. The van der Waals surface area contributed by atoms with Crippen LogP contribution < -0.4 is 20.9 Å². The number of rotatable bonds is 6. The molecule has 1 aromatic carbocycles. The number of alkyl carbamates (subject to hydrolysis) is 1. The van der Waals surface area contributed by atoms with Gasteiger partial charge < -0.3 is 25.3 Å². The van der Waals surface area contributed by atoms with E-state index in [2.05, 4.69) is 30.7 Å². The first-order valence-corrected chi connectivity index (χ1v) is 24.6. The highest BCUT2D eigenvalue weighted by Crippen LogP contribution is 2.47. The van der Waals surface area contributed by atoms with Crippen LogP contribution in [-0.4, -0.2) is 86.6 Å². The van der Waals surface area contributed by atoms with E-state index >= 15 is 0 Å². The van der Waals surface area contributed by atoms with E-state index in [-0.39, 0.29) is 28.1 Å². The minimum Gasteiger partial charge on any atom is -0.444 e. The lowest BCUT2D eigenvalue weighted by Crippen LogP contribution is -2.58. The number of allylic oxidation sites excluding steroid dienone is 1. The van der Waals surface area contributed by atoms with E-state index in [1.807, 2.05) is 30.4 Å². The molecule has 4 fully saturated rings. The summed E-state index contributed by atoms with van der Waals surface area (Å²) in [6, 6.07) is 4.25. The Kier molecular flexibility index (Phi) is 13.3. The van der Waals surface area contributed by atoms with Crippen LogP contribution in [0.15, 0.2) is 40.5 Å². The number of hydrogen-bond acceptors (Lipinski definition) is 11. The first-order valence-electron chi connectivity index (χ1n) is 22.2. The molecule has 0 unspecified atom stereocenters. The molecule has 4 atom stereocenters. The Balaban J connectivity index is 0.000000304. The van der Waals surface area contributed by atoms with Gasteiger partial charge in [0, 0.05) is 33.6 Å². The molecule has 0 bridgehead atoms. The second-order valence-corrected chi connectivity index (χ2v) is 21.9. The van der Waals surface area contributed by atoms with E-state index in [4.69, 9.17) is 9.72 Å². The van der Waals surface area contributed by atoms with Gasteiger partial charge in [0.25, 0.3) is 11.5 Å². The fourth-order valence-electron chi connectivity index (χ4n) is 8.70. The molecule has 2 aliphatic heterocycles. The quantitative estimate of drug-likeness (QED) is 0.180. The van der Waals surface area contributed by atoms with Gasteiger partial charge in [0.15, 0.2) is 0 Å². The van der Waals surface area contributed by atoms with E-state index in [9.17, 15) is 32.4 Å². The molecule has 5 aliphatic rings. The third-order valence-corrected chi connectivity index (χ3v) is 15.9. The summed E-state index contributed by atoms with van der Waals surface area (Å²) in [4.78, 5) is 78.7. The maximum atomic E-state index is 13.6. The number of fused-ring (bicyclic) bond motifs is 3. The first kappa shape index (κ1) is 45.4. The zero-order chi connectivity index (χ0) is 44.5. The van der Waals surface area contributed by atoms with Gasteiger partial charge in [-0.05, 0) is 111 Å². The molecule has 1 saturated heterocycles. The van der Waals surface area contributed by atoms with Crippen LogP contribution in [0.25, 0.3) is 21.6 Å². The summed E-state index contributed by atoms with van der Waals surface area (Å²) in [6.45, 7) is 8.91. The van der Waals surface area contributed by atoms with Crippen molar-refractivity contribution in [3.8, 4) is 10.6 Å². The second kappa shape index (κ2) is 18.2. The SMILES string of the molecule is CC(C)(C)OC(=O)N[C@H]1CCCCC/C=C\[C@@H]2C[C@@]2(C(=O)NS(=O)(=O)C2(C)CC2)NC(=O)[C@@H]2CCCN2C1=O.Cc1nc2cccc(-c3nc(C4CCCCC4)cs3)c2[nH]c1=O.[HH].[HH].[HH]. The molecule has 3 aromatic rings. The number of aromatic amines is 1. The highest BCUT2D eigenvalue weighted by atomic mass is 32.2. The summed E-state index contributed by atoms with van der Waals surface area (Å²) >= 11 is 1.66. The van der Waals surface area contributed by atoms with Crippen LogP contribution in [-0.2, 0) is 29.1 Å². The summed E-state index contributed by atoms with van der Waals surface area (Å²) in [6.07, 6.45) is 15.4. The Bertz CT molecular complexity index is 2390. The van der Waals surface area contributed by atoms with Gasteiger partial charge in [0.05, 0.1) is 21.5 Å². The lowest BCUT2D eigenvalue weighted by molar-refractivity contribution is -0.141. The number of aryl methyl sites for hydroxylation is 1. The number of nitrogens with one attached hydrogen (secondary N) is 4. The van der Waals surface area contributed by atoms with Crippen molar-refractivity contribution >= 4 is 56.2 Å². The highest BCUT2D eigenvalue weighted by Gasteiger charge is 2.63. The van der Waals surface area contributed by atoms with Gasteiger partial charge in [-0.2, -0.15) is 0 Å². The minimum absolute atomic E-state index is 0. The number of nitrogens with zero attached hydrogens (tertiary/aromatic N) is 3. The summed E-state index contributed by atoms with van der Waals surface area (Å²) in [5, 5.41) is 8.70. The average Bonchev–Trinajstić information content (AvgIpc) is 3.96. The molecule has 4 heterocycles. The van der Waals surface area contributed by atoms with Crippen molar-refractivity contribution in [3.05, 3.63) is 57.5 Å². The number of thiazole rings is 1. The standard InChI is InChI=1S/C27H42N4O7S.C18H19N3OS.3H2/c1-25(2,3)38-24(35)28-19-12-9-7-5-6-8-11-18-17-27(18,23(34)30-39(36,37)26(4)14-15-26)29-21(32)20-13-10-16-31(20)22(19)33;1-11-17(22)21-16-13(8-5-9-14(16)19-11)18-20-15(10-23-18)12-6-3-2-4-7-12;;;/h8,11,18-20H,5-7,9-10,12-17H2,1-4H3,(H,28,35)(H,29,32)(H,30,34);5,8-10,12H,2-4,6-7H2,1H3,(H,21,22);3*1H/b11-8-;;;;/t18-,19+,20+,27-;;;;/m1..../s1. The molecule has 2 aromatic heterocycles. The van der Waals surface area contributed by atoms with E-state index in [1.165, 1.54) is 42.7 Å². The number of para-hydroxylation sites is 1. The van der Waals surface area contributed by atoms with Gasteiger partial charge in [-0.15, -0.1) is 11.3 Å². The molecule has 62 heavy (non-hydrogen) atoms. The number of carbonyl (C=O) groups is 4. The molecule has 3 aliphatic carbocycles.